The molecule has 2 N–H and O–H groups in total. The van der Waals surface area contributed by atoms with Crippen LogP contribution in [0.5, 0.6) is 11.6 Å². The Kier molecular flexibility index (Phi) is 12.9. The Bertz CT molecular complexity index is 2010. The lowest BCUT2D eigenvalue weighted by molar-refractivity contribution is -0.139. The summed E-state index contributed by atoms with van der Waals surface area (Å²) < 4.78 is 63.0. The Morgan fingerprint density at radius 2 is 1.68 bits per heavy atom. The zero-order valence-corrected chi connectivity index (χ0v) is 34.7. The molecule has 3 aromatic rings. The number of carbonyl (C=O) groups is 3. The quantitative estimate of drug-likeness (QED) is 0.201. The molecule has 0 bridgehead atoms. The van der Waals surface area contributed by atoms with Crippen molar-refractivity contribution >= 4 is 52.0 Å². The van der Waals surface area contributed by atoms with Crippen LogP contribution in [0.15, 0.2) is 46.9 Å². The third-order valence-corrected chi connectivity index (χ3v) is 15.7. The van der Waals surface area contributed by atoms with Gasteiger partial charge in [0.1, 0.15) is 35.6 Å². The maximum atomic E-state index is 14.9. The normalized spacial score (nSPS) is 27.1. The molecule has 3 heterocycles. The number of ketones is 1. The minimum atomic E-state index is -4.40. The van der Waals surface area contributed by atoms with Crippen molar-refractivity contribution < 1.29 is 46.8 Å². The molecule has 308 valence electrons. The molecule has 2 aliphatic heterocycles. The average Bonchev–Trinajstić information content (AvgIpc) is 3.43. The summed E-state index contributed by atoms with van der Waals surface area (Å²) in [7, 11) is -4.40. The number of carbonyl (C=O) groups excluding carboxylic acids is 3. The number of halogens is 3. The number of alkyl carbamates (subject to hydrolysis) is 1. The predicted octanol–water partition coefficient (Wildman–Crippen LogP) is 8.99. The maximum Gasteiger partial charge on any atom is 0.408 e. The molecule has 2 aromatic carbocycles. The van der Waals surface area contributed by atoms with Crippen molar-refractivity contribution in [3.8, 4) is 11.6 Å². The highest BCUT2D eigenvalue weighted by molar-refractivity contribution is 9.10. The van der Waals surface area contributed by atoms with Crippen molar-refractivity contribution in [2.45, 2.75) is 132 Å². The molecule has 57 heavy (non-hydrogen) atoms. The van der Waals surface area contributed by atoms with Crippen LogP contribution >= 0.6 is 23.3 Å². The van der Waals surface area contributed by atoms with Crippen molar-refractivity contribution in [1.29, 1.82) is 0 Å². The smallest absolute Gasteiger partial charge is 0.408 e. The van der Waals surface area contributed by atoms with E-state index < -0.39 is 71.9 Å². The van der Waals surface area contributed by atoms with Crippen molar-refractivity contribution in [3.63, 3.8) is 0 Å². The standard InChI is InChI=1S/C42H51BrF2N3O8P/c1-2-54-38-21-37(29-15-10-16-31(43)39(29)47-38)55-28-20-35-36(49)23-42(57(52,53)25-30-32(44)17-11-18-33(30)45)22-26(42)12-6-4-3-5-7-19-34(40(50)48(35)24-28)46-41(51)56-27-13-8-9-14-27/h10-11,15-18,21,26-28,34-35H,2-9,12-14,19-20,22-25H2,1H3,(H,46,51)(H,52,53)/t26-,28?,34+,35+,42-/m1/s1. The van der Waals surface area contributed by atoms with Gasteiger partial charge in [-0.05, 0) is 98.0 Å². The van der Waals surface area contributed by atoms with Crippen LogP contribution in [0.3, 0.4) is 0 Å². The molecule has 2 saturated heterocycles. The first-order chi connectivity index (χ1) is 27.4. The minimum absolute atomic E-state index is 0.000528. The van der Waals surface area contributed by atoms with Gasteiger partial charge in [-0.1, -0.05) is 44.2 Å². The first kappa shape index (κ1) is 41.5. The summed E-state index contributed by atoms with van der Waals surface area (Å²) in [5.41, 5.74) is 0.133. The minimum Gasteiger partial charge on any atom is -0.488 e. The van der Waals surface area contributed by atoms with Crippen LogP contribution < -0.4 is 14.8 Å². The number of pyridine rings is 1. The highest BCUT2D eigenvalue weighted by atomic mass is 79.9. The Morgan fingerprint density at radius 1 is 1.00 bits per heavy atom. The molecule has 6 atom stereocenters. The molecule has 7 rings (SSSR count). The lowest BCUT2D eigenvalue weighted by atomic mass is 10.0. The molecule has 11 nitrogen and oxygen atoms in total. The predicted molar refractivity (Wildman–Crippen MR) is 213 cm³/mol. The third-order valence-electron chi connectivity index (χ3n) is 12.3. The lowest BCUT2D eigenvalue weighted by Gasteiger charge is -2.30. The fourth-order valence-electron chi connectivity index (χ4n) is 9.13. The van der Waals surface area contributed by atoms with Crippen LogP contribution in [0.1, 0.15) is 102 Å². The van der Waals surface area contributed by atoms with Crippen LogP contribution in [0, 0.1) is 17.6 Å². The molecule has 15 heteroatoms. The summed E-state index contributed by atoms with van der Waals surface area (Å²) in [4.78, 5) is 60.5. The lowest BCUT2D eigenvalue weighted by Crippen LogP contribution is -2.52. The summed E-state index contributed by atoms with van der Waals surface area (Å²) in [6, 6.07) is 8.51. The largest absolute Gasteiger partial charge is 0.488 e. The third kappa shape index (κ3) is 9.18. The fraction of sp³-hybridized carbons (Fsp3) is 0.571. The number of amides is 2. The van der Waals surface area contributed by atoms with Crippen LogP contribution in [0.25, 0.3) is 10.9 Å². The Morgan fingerprint density at radius 3 is 2.42 bits per heavy atom. The maximum absolute atomic E-state index is 14.9. The molecule has 1 aromatic heterocycles. The number of aromatic nitrogens is 1. The van der Waals surface area contributed by atoms with E-state index in [1.165, 1.54) is 11.0 Å². The van der Waals surface area contributed by atoms with Crippen molar-refractivity contribution in [3.05, 3.63) is 64.1 Å². The SMILES string of the molecule is CCOc1cc(OC2C[C@H]3C(=O)C[C@]4(P(=O)(O)Cc5c(F)cccc5F)C[C@H]4CCCCCCC[C@H](NC(=O)OC4CCCC4)C(=O)N3C2)c2cccc(Br)c2n1. The summed E-state index contributed by atoms with van der Waals surface area (Å²) in [6.07, 6.45) is 5.97. The van der Waals surface area contributed by atoms with E-state index in [-0.39, 0.29) is 37.8 Å². The van der Waals surface area contributed by atoms with Gasteiger partial charge in [0, 0.05) is 34.3 Å². The van der Waals surface area contributed by atoms with Gasteiger partial charge in [-0.2, -0.15) is 0 Å². The monoisotopic (exact) mass is 873 g/mol. The molecule has 2 aliphatic carbocycles. The number of ether oxygens (including phenoxy) is 3. The summed E-state index contributed by atoms with van der Waals surface area (Å²) in [5.74, 6) is -2.24. The zero-order valence-electron chi connectivity index (χ0n) is 32.2. The Hall–Kier alpha value is -3.61. The van der Waals surface area contributed by atoms with Gasteiger partial charge in [-0.25, -0.2) is 18.6 Å². The summed E-state index contributed by atoms with van der Waals surface area (Å²) in [5, 5.41) is 2.12. The molecular formula is C42H51BrF2N3O8P. The van der Waals surface area contributed by atoms with Gasteiger partial charge in [-0.3, -0.25) is 14.2 Å². The topological polar surface area (TPSA) is 144 Å². The number of rotatable bonds is 9. The van der Waals surface area contributed by atoms with Gasteiger partial charge in [0.25, 0.3) is 0 Å². The molecule has 0 radical (unpaired) electrons. The number of para-hydroxylation sites is 1. The average molecular weight is 875 g/mol. The first-order valence-electron chi connectivity index (χ1n) is 20.3. The van der Waals surface area contributed by atoms with Crippen LogP contribution in [0.2, 0.25) is 0 Å². The highest BCUT2D eigenvalue weighted by Crippen LogP contribution is 2.75. The molecule has 0 spiro atoms. The molecule has 2 amide bonds. The molecular weight excluding hydrogens is 823 g/mol. The van der Waals surface area contributed by atoms with E-state index >= 15 is 0 Å². The second-order valence-electron chi connectivity index (χ2n) is 16.1. The molecule has 4 fully saturated rings. The van der Waals surface area contributed by atoms with Crippen LogP contribution in [-0.4, -0.2) is 75.2 Å². The number of nitrogens with zero attached hydrogens (tertiary/aromatic N) is 2. The summed E-state index contributed by atoms with van der Waals surface area (Å²) >= 11 is 3.57. The van der Waals surface area contributed by atoms with Gasteiger partial charge in [0.15, 0.2) is 5.78 Å². The highest BCUT2D eigenvalue weighted by Gasteiger charge is 2.66. The second-order valence-corrected chi connectivity index (χ2v) is 19.5. The van der Waals surface area contributed by atoms with E-state index in [2.05, 4.69) is 26.2 Å². The van der Waals surface area contributed by atoms with Gasteiger partial charge in [0.05, 0.1) is 36.0 Å². The first-order valence-corrected chi connectivity index (χ1v) is 23.0. The van der Waals surface area contributed by atoms with Crippen LogP contribution in [0.4, 0.5) is 13.6 Å². The van der Waals surface area contributed by atoms with E-state index in [9.17, 15) is 32.6 Å². The zero-order chi connectivity index (χ0) is 40.3. The van der Waals surface area contributed by atoms with Gasteiger partial charge >= 0.3 is 6.09 Å². The number of hydrogen-bond acceptors (Lipinski definition) is 8. The van der Waals surface area contributed by atoms with E-state index in [1.54, 1.807) is 6.07 Å². The second kappa shape index (κ2) is 17.7. The Balaban J connectivity index is 1.21. The number of fused-ring (bicyclic) bond motifs is 3. The van der Waals surface area contributed by atoms with Gasteiger partial charge in [0.2, 0.25) is 19.2 Å². The van der Waals surface area contributed by atoms with E-state index in [4.69, 9.17) is 14.2 Å². The number of Topliss-reactive ketones (excluding diaryl/α,β-unsaturated/α-hetero) is 1. The van der Waals surface area contributed by atoms with Crippen molar-refractivity contribution in [2.75, 3.05) is 13.2 Å². The van der Waals surface area contributed by atoms with Crippen LogP contribution in [-0.2, 0) is 25.1 Å². The number of benzene rings is 2. The van der Waals surface area contributed by atoms with Gasteiger partial charge in [-0.15, -0.1) is 0 Å². The molecule has 4 aliphatic rings. The number of hydrogen-bond donors (Lipinski definition) is 2. The van der Waals surface area contributed by atoms with Crippen molar-refractivity contribution in [2.24, 2.45) is 5.92 Å². The summed E-state index contributed by atoms with van der Waals surface area (Å²) in [6.45, 7) is 2.21. The molecule has 2 unspecified atom stereocenters. The Labute approximate surface area is 340 Å². The van der Waals surface area contributed by atoms with Gasteiger partial charge < -0.3 is 29.3 Å². The number of nitrogens with one attached hydrogen (secondary N) is 1. The fourth-order valence-corrected chi connectivity index (χ4v) is 12.2. The molecule has 2 saturated carbocycles. The van der Waals surface area contributed by atoms with E-state index in [0.717, 1.165) is 68.0 Å². The van der Waals surface area contributed by atoms with E-state index in [0.29, 0.717) is 48.4 Å². The van der Waals surface area contributed by atoms with Crippen molar-refractivity contribution in [1.82, 2.24) is 15.2 Å². The van der Waals surface area contributed by atoms with E-state index in [1.807, 2.05) is 25.1 Å².